The van der Waals surface area contributed by atoms with Gasteiger partial charge in [-0.05, 0) is 31.0 Å². The van der Waals surface area contributed by atoms with Crippen molar-refractivity contribution in [2.45, 2.75) is 18.9 Å². The molecule has 6 nitrogen and oxygen atoms in total. The lowest BCUT2D eigenvalue weighted by Gasteiger charge is -2.08. The topological polar surface area (TPSA) is 69.0 Å². The number of anilines is 1. The fraction of sp³-hybridized carbons (Fsp3) is 0.235. The Bertz CT molecular complexity index is 933. The van der Waals surface area contributed by atoms with Gasteiger partial charge in [-0.2, -0.15) is 0 Å². The van der Waals surface area contributed by atoms with Gasteiger partial charge in [0.15, 0.2) is 5.65 Å². The van der Waals surface area contributed by atoms with E-state index in [9.17, 15) is 4.79 Å². The molecule has 7 heteroatoms. The summed E-state index contributed by atoms with van der Waals surface area (Å²) in [6, 6.07) is 7.33. The predicted octanol–water partition coefficient (Wildman–Crippen LogP) is 3.68. The number of hydrogen-bond donors (Lipinski definition) is 1. The third-order valence-electron chi connectivity index (χ3n) is 4.02. The Labute approximate surface area is 143 Å². The van der Waals surface area contributed by atoms with Crippen LogP contribution in [-0.4, -0.2) is 27.6 Å². The molecule has 1 aliphatic rings. The van der Waals surface area contributed by atoms with Crippen LogP contribution in [0.3, 0.4) is 0 Å². The molecule has 3 aromatic rings. The van der Waals surface area contributed by atoms with Gasteiger partial charge in [0.2, 0.25) is 0 Å². The van der Waals surface area contributed by atoms with Gasteiger partial charge in [-0.15, -0.1) is 0 Å². The number of rotatable bonds is 4. The number of benzene rings is 1. The molecule has 0 saturated heterocycles. The number of nitrogens with zero attached hydrogens (tertiary/aromatic N) is 3. The van der Waals surface area contributed by atoms with E-state index in [-0.39, 0.29) is 5.91 Å². The summed E-state index contributed by atoms with van der Waals surface area (Å²) in [5, 5.41) is 3.30. The fourth-order valence-corrected chi connectivity index (χ4v) is 2.80. The van der Waals surface area contributed by atoms with Crippen LogP contribution in [0.15, 0.2) is 36.8 Å². The Morgan fingerprint density at radius 2 is 2.17 bits per heavy atom. The first kappa shape index (κ1) is 15.0. The number of aromatic nitrogens is 3. The van der Waals surface area contributed by atoms with Crippen molar-refractivity contribution in [2.24, 2.45) is 0 Å². The number of imidazole rings is 1. The zero-order valence-electron chi connectivity index (χ0n) is 13.0. The van der Waals surface area contributed by atoms with Crippen LogP contribution in [-0.2, 0) is 0 Å². The van der Waals surface area contributed by atoms with Crippen LogP contribution in [0, 0.1) is 0 Å². The molecule has 1 amide bonds. The van der Waals surface area contributed by atoms with E-state index in [0.717, 1.165) is 24.0 Å². The normalized spacial score (nSPS) is 13.9. The van der Waals surface area contributed by atoms with Crippen LogP contribution in [0.25, 0.3) is 11.2 Å². The first-order valence-corrected chi connectivity index (χ1v) is 8.01. The average Bonchev–Trinajstić information content (AvgIpc) is 3.35. The van der Waals surface area contributed by atoms with Gasteiger partial charge in [-0.25, -0.2) is 9.97 Å². The lowest BCUT2D eigenvalue weighted by Crippen LogP contribution is -2.12. The van der Waals surface area contributed by atoms with Gasteiger partial charge in [0.05, 0.1) is 24.0 Å². The highest BCUT2D eigenvalue weighted by Gasteiger charge is 2.25. The number of ether oxygens (including phenoxy) is 1. The van der Waals surface area contributed by atoms with Crippen LogP contribution < -0.4 is 10.1 Å². The van der Waals surface area contributed by atoms with Crippen molar-refractivity contribution < 1.29 is 9.53 Å². The van der Waals surface area contributed by atoms with E-state index >= 15 is 0 Å². The monoisotopic (exact) mass is 342 g/mol. The molecule has 2 heterocycles. The second-order valence-corrected chi connectivity index (χ2v) is 6.16. The van der Waals surface area contributed by atoms with Crippen molar-refractivity contribution in [2.75, 3.05) is 12.4 Å². The number of carbonyl (C=O) groups excluding carboxylic acids is 1. The minimum absolute atomic E-state index is 0.255. The molecule has 1 N–H and O–H groups in total. The van der Waals surface area contributed by atoms with Crippen molar-refractivity contribution in [1.29, 1.82) is 0 Å². The summed E-state index contributed by atoms with van der Waals surface area (Å²) in [7, 11) is 1.53. The first-order valence-electron chi connectivity index (χ1n) is 7.63. The Hall–Kier alpha value is -2.60. The first-order chi connectivity index (χ1) is 11.7. The summed E-state index contributed by atoms with van der Waals surface area (Å²) in [6.07, 6.45) is 5.69. The number of amides is 1. The maximum atomic E-state index is 12.4. The standard InChI is InChI=1S/C17H15ClN4O2/c1-24-15-7-11(2-5-13(15)18)21-17(23)10-6-14-16(19-8-10)22(9-20-14)12-3-4-12/h2,5-9,12H,3-4H2,1H3,(H,21,23). The minimum atomic E-state index is -0.255. The molecule has 1 fully saturated rings. The molecule has 0 aliphatic heterocycles. The molecule has 122 valence electrons. The van der Waals surface area contributed by atoms with E-state index in [1.807, 2.05) is 0 Å². The summed E-state index contributed by atoms with van der Waals surface area (Å²) in [6.45, 7) is 0. The lowest BCUT2D eigenvalue weighted by atomic mass is 10.2. The maximum Gasteiger partial charge on any atom is 0.257 e. The highest BCUT2D eigenvalue weighted by molar-refractivity contribution is 6.32. The summed E-state index contributed by atoms with van der Waals surface area (Å²) < 4.78 is 7.22. The predicted molar refractivity (Wildman–Crippen MR) is 91.8 cm³/mol. The SMILES string of the molecule is COc1cc(NC(=O)c2cnc3c(c2)ncn3C2CC2)ccc1Cl. The van der Waals surface area contributed by atoms with Crippen LogP contribution in [0.2, 0.25) is 5.02 Å². The minimum Gasteiger partial charge on any atom is -0.495 e. The van der Waals surface area contributed by atoms with Gasteiger partial charge in [0, 0.05) is 24.0 Å². The molecule has 0 atom stereocenters. The third kappa shape index (κ3) is 2.69. The van der Waals surface area contributed by atoms with Crippen molar-refractivity contribution in [3.8, 4) is 5.75 Å². The van der Waals surface area contributed by atoms with Crippen LogP contribution in [0.4, 0.5) is 5.69 Å². The van der Waals surface area contributed by atoms with Crippen molar-refractivity contribution in [1.82, 2.24) is 14.5 Å². The molecule has 0 unspecified atom stereocenters. The smallest absolute Gasteiger partial charge is 0.257 e. The Morgan fingerprint density at radius 1 is 1.33 bits per heavy atom. The molecular weight excluding hydrogens is 328 g/mol. The van der Waals surface area contributed by atoms with E-state index in [4.69, 9.17) is 16.3 Å². The molecule has 1 aromatic carbocycles. The molecule has 0 spiro atoms. The van der Waals surface area contributed by atoms with Gasteiger partial charge in [-0.3, -0.25) is 4.79 Å². The quantitative estimate of drug-likeness (QED) is 0.785. The molecule has 0 bridgehead atoms. The third-order valence-corrected chi connectivity index (χ3v) is 4.34. The number of pyridine rings is 1. The van der Waals surface area contributed by atoms with Crippen molar-refractivity contribution >= 4 is 34.4 Å². The highest BCUT2D eigenvalue weighted by atomic mass is 35.5. The van der Waals surface area contributed by atoms with Gasteiger partial charge < -0.3 is 14.6 Å². The zero-order chi connectivity index (χ0) is 16.7. The Morgan fingerprint density at radius 3 is 2.92 bits per heavy atom. The van der Waals surface area contributed by atoms with Crippen LogP contribution in [0.5, 0.6) is 5.75 Å². The lowest BCUT2D eigenvalue weighted by molar-refractivity contribution is 0.102. The molecular formula is C17H15ClN4O2. The summed E-state index contributed by atoms with van der Waals surface area (Å²) in [5.74, 6) is 0.251. The summed E-state index contributed by atoms with van der Waals surface area (Å²) in [5.41, 5.74) is 2.60. The van der Waals surface area contributed by atoms with Crippen LogP contribution in [0.1, 0.15) is 29.2 Å². The van der Waals surface area contributed by atoms with E-state index in [1.165, 1.54) is 7.11 Å². The fourth-order valence-electron chi connectivity index (χ4n) is 2.60. The largest absolute Gasteiger partial charge is 0.495 e. The molecule has 24 heavy (non-hydrogen) atoms. The van der Waals surface area contributed by atoms with E-state index in [2.05, 4.69) is 19.9 Å². The number of hydrogen-bond acceptors (Lipinski definition) is 4. The van der Waals surface area contributed by atoms with Crippen LogP contribution >= 0.6 is 11.6 Å². The summed E-state index contributed by atoms with van der Waals surface area (Å²) >= 11 is 5.99. The zero-order valence-corrected chi connectivity index (χ0v) is 13.7. The molecule has 2 aromatic heterocycles. The second kappa shape index (κ2) is 5.79. The Kier molecular flexibility index (Phi) is 3.61. The van der Waals surface area contributed by atoms with Gasteiger partial charge >= 0.3 is 0 Å². The molecule has 4 rings (SSSR count). The highest BCUT2D eigenvalue weighted by Crippen LogP contribution is 2.36. The van der Waals surface area contributed by atoms with Gasteiger partial charge in [0.1, 0.15) is 11.3 Å². The average molecular weight is 343 g/mol. The van der Waals surface area contributed by atoms with E-state index in [1.54, 1.807) is 36.8 Å². The number of fused-ring (bicyclic) bond motifs is 1. The number of methoxy groups -OCH3 is 1. The number of carbonyl (C=O) groups is 1. The molecule has 0 radical (unpaired) electrons. The van der Waals surface area contributed by atoms with Crippen molar-refractivity contribution in [3.05, 3.63) is 47.4 Å². The summed E-state index contributed by atoms with van der Waals surface area (Å²) in [4.78, 5) is 21.2. The van der Waals surface area contributed by atoms with Gasteiger partial charge in [0.25, 0.3) is 5.91 Å². The Balaban J connectivity index is 1.59. The van der Waals surface area contributed by atoms with E-state index in [0.29, 0.717) is 28.1 Å². The number of nitrogens with one attached hydrogen (secondary N) is 1. The molecule has 1 saturated carbocycles. The second-order valence-electron chi connectivity index (χ2n) is 5.75. The van der Waals surface area contributed by atoms with Crippen molar-refractivity contribution in [3.63, 3.8) is 0 Å². The maximum absolute atomic E-state index is 12.4. The molecule has 1 aliphatic carbocycles. The van der Waals surface area contributed by atoms with E-state index < -0.39 is 0 Å². The number of halogens is 1. The van der Waals surface area contributed by atoms with Gasteiger partial charge in [-0.1, -0.05) is 11.6 Å².